The van der Waals surface area contributed by atoms with Gasteiger partial charge in [-0.25, -0.2) is 0 Å². The summed E-state index contributed by atoms with van der Waals surface area (Å²) in [6.45, 7) is 2.16. The largest absolute Gasteiger partial charge is 0.299 e. The molecule has 100 valence electrons. The molecular formula is C16H18OS2. The van der Waals surface area contributed by atoms with E-state index in [1.165, 1.54) is 20.2 Å². The third-order valence-corrected chi connectivity index (χ3v) is 6.08. The molecule has 0 amide bonds. The van der Waals surface area contributed by atoms with E-state index in [2.05, 4.69) is 30.5 Å². The molecule has 0 N–H and O–H groups in total. The Morgan fingerprint density at radius 3 is 2.95 bits per heavy atom. The van der Waals surface area contributed by atoms with Gasteiger partial charge in [0.2, 0.25) is 0 Å². The number of hydrogen-bond acceptors (Lipinski definition) is 3. The fraction of sp³-hybridized carbons (Fsp3) is 0.438. The average molecular weight is 290 g/mol. The number of fused-ring (bicyclic) bond motifs is 1. The topological polar surface area (TPSA) is 17.1 Å². The maximum atomic E-state index is 12.5. The second kappa shape index (κ2) is 5.59. The minimum Gasteiger partial charge on any atom is -0.299 e. The van der Waals surface area contributed by atoms with Gasteiger partial charge in [-0.15, -0.1) is 22.7 Å². The third-order valence-electron chi connectivity index (χ3n) is 3.85. The number of hydrogen-bond donors (Lipinski definition) is 0. The number of aryl methyl sites for hydroxylation is 2. The summed E-state index contributed by atoms with van der Waals surface area (Å²) in [5.74, 6) is 0.561. The molecule has 1 nitrogen and oxygen atoms in total. The first-order chi connectivity index (χ1) is 9.28. The van der Waals surface area contributed by atoms with Crippen molar-refractivity contribution in [2.45, 2.75) is 44.9 Å². The van der Waals surface area contributed by atoms with E-state index in [1.807, 2.05) is 11.3 Å². The number of thiophene rings is 2. The van der Waals surface area contributed by atoms with Crippen molar-refractivity contribution in [2.24, 2.45) is 0 Å². The highest BCUT2D eigenvalue weighted by Crippen LogP contribution is 2.36. The first kappa shape index (κ1) is 13.1. The van der Waals surface area contributed by atoms with Crippen LogP contribution in [0.4, 0.5) is 0 Å². The Labute approximate surface area is 122 Å². The van der Waals surface area contributed by atoms with Crippen LogP contribution in [0, 0.1) is 0 Å². The number of carbonyl (C=O) groups is 1. The molecular weight excluding hydrogens is 272 g/mol. The lowest BCUT2D eigenvalue weighted by Crippen LogP contribution is -2.18. The van der Waals surface area contributed by atoms with Crippen LogP contribution < -0.4 is 0 Å². The van der Waals surface area contributed by atoms with Crippen LogP contribution in [0.15, 0.2) is 23.6 Å². The van der Waals surface area contributed by atoms with Crippen molar-refractivity contribution in [3.8, 4) is 0 Å². The van der Waals surface area contributed by atoms with Gasteiger partial charge in [-0.2, -0.15) is 0 Å². The van der Waals surface area contributed by atoms with Gasteiger partial charge in [0.1, 0.15) is 5.78 Å². The van der Waals surface area contributed by atoms with E-state index in [1.54, 1.807) is 11.3 Å². The van der Waals surface area contributed by atoms with Crippen molar-refractivity contribution in [1.82, 2.24) is 0 Å². The van der Waals surface area contributed by atoms with Crippen LogP contribution in [0.3, 0.4) is 0 Å². The predicted molar refractivity (Wildman–Crippen MR) is 82.4 cm³/mol. The SMILES string of the molecule is CCc1ccc(CC(=O)C2CCCc3sccc32)s1. The summed E-state index contributed by atoms with van der Waals surface area (Å²) in [5.41, 5.74) is 1.31. The van der Waals surface area contributed by atoms with Gasteiger partial charge in [0.05, 0.1) is 0 Å². The van der Waals surface area contributed by atoms with Crippen LogP contribution in [0.25, 0.3) is 0 Å². The van der Waals surface area contributed by atoms with E-state index in [4.69, 9.17) is 0 Å². The van der Waals surface area contributed by atoms with Crippen LogP contribution in [0.5, 0.6) is 0 Å². The highest BCUT2D eigenvalue weighted by molar-refractivity contribution is 7.12. The number of ketones is 1. The van der Waals surface area contributed by atoms with Gasteiger partial charge in [0.15, 0.2) is 0 Å². The van der Waals surface area contributed by atoms with E-state index in [0.29, 0.717) is 12.2 Å². The molecule has 0 spiro atoms. The summed E-state index contributed by atoms with van der Waals surface area (Å²) < 4.78 is 0. The van der Waals surface area contributed by atoms with Crippen molar-refractivity contribution in [1.29, 1.82) is 0 Å². The highest BCUT2D eigenvalue weighted by Gasteiger charge is 2.27. The summed E-state index contributed by atoms with van der Waals surface area (Å²) in [6, 6.07) is 6.44. The van der Waals surface area contributed by atoms with Crippen molar-refractivity contribution in [2.75, 3.05) is 0 Å². The zero-order valence-corrected chi connectivity index (χ0v) is 12.8. The highest BCUT2D eigenvalue weighted by atomic mass is 32.1. The smallest absolute Gasteiger partial charge is 0.145 e. The molecule has 0 saturated carbocycles. The molecule has 19 heavy (non-hydrogen) atoms. The second-order valence-corrected chi connectivity index (χ2v) is 7.36. The molecule has 0 fully saturated rings. The van der Waals surface area contributed by atoms with Gasteiger partial charge in [-0.3, -0.25) is 4.79 Å². The molecule has 2 heterocycles. The quantitative estimate of drug-likeness (QED) is 0.804. The first-order valence-corrected chi connectivity index (χ1v) is 8.64. The summed E-state index contributed by atoms with van der Waals surface area (Å²) in [5, 5.41) is 2.14. The molecule has 3 heteroatoms. The normalized spacial score (nSPS) is 18.3. The van der Waals surface area contributed by atoms with Crippen molar-refractivity contribution < 1.29 is 4.79 Å². The minimum absolute atomic E-state index is 0.155. The zero-order chi connectivity index (χ0) is 13.2. The standard InChI is InChI=1S/C16H18OS2/c1-2-11-6-7-12(19-11)10-15(17)13-4-3-5-16-14(13)8-9-18-16/h6-9,13H,2-5,10H2,1H3. The maximum Gasteiger partial charge on any atom is 0.145 e. The van der Waals surface area contributed by atoms with Crippen LogP contribution in [-0.2, 0) is 24.1 Å². The number of Topliss-reactive ketones (excluding diaryl/α,β-unsaturated/α-hetero) is 1. The molecule has 1 unspecified atom stereocenters. The Morgan fingerprint density at radius 1 is 1.32 bits per heavy atom. The lowest BCUT2D eigenvalue weighted by Gasteiger charge is -2.21. The third kappa shape index (κ3) is 2.67. The maximum absolute atomic E-state index is 12.5. The molecule has 1 atom stereocenters. The summed E-state index contributed by atoms with van der Waals surface area (Å²) in [4.78, 5) is 16.6. The molecule has 3 rings (SSSR count). The summed E-state index contributed by atoms with van der Waals surface area (Å²) in [7, 11) is 0. The number of rotatable bonds is 4. The fourth-order valence-electron chi connectivity index (χ4n) is 2.82. The van der Waals surface area contributed by atoms with E-state index >= 15 is 0 Å². The van der Waals surface area contributed by atoms with Gasteiger partial charge in [-0.1, -0.05) is 6.92 Å². The minimum atomic E-state index is 0.155. The second-order valence-electron chi connectivity index (χ2n) is 5.11. The summed E-state index contributed by atoms with van der Waals surface area (Å²) >= 11 is 3.60. The molecule has 1 aliphatic rings. The predicted octanol–water partition coefficient (Wildman–Crippen LogP) is 4.60. The van der Waals surface area contributed by atoms with Crippen molar-refractivity contribution >= 4 is 28.5 Å². The van der Waals surface area contributed by atoms with Crippen molar-refractivity contribution in [3.63, 3.8) is 0 Å². The lowest BCUT2D eigenvalue weighted by atomic mass is 9.83. The van der Waals surface area contributed by atoms with E-state index < -0.39 is 0 Å². The molecule has 0 bridgehead atoms. The molecule has 0 aliphatic heterocycles. The van der Waals surface area contributed by atoms with Gasteiger partial charge in [-0.05, 0) is 54.8 Å². The molecule has 1 aliphatic carbocycles. The fourth-order valence-corrected chi connectivity index (χ4v) is 4.78. The zero-order valence-electron chi connectivity index (χ0n) is 11.1. The van der Waals surface area contributed by atoms with E-state index in [9.17, 15) is 4.79 Å². The van der Waals surface area contributed by atoms with Gasteiger partial charge in [0.25, 0.3) is 0 Å². The molecule has 2 aromatic heterocycles. The Bertz CT molecular complexity index is 579. The van der Waals surface area contributed by atoms with Crippen LogP contribution >= 0.6 is 22.7 Å². The van der Waals surface area contributed by atoms with Crippen LogP contribution in [0.1, 0.15) is 45.9 Å². The molecule has 0 saturated heterocycles. The van der Waals surface area contributed by atoms with Gasteiger partial charge in [0, 0.05) is 27.0 Å². The number of carbonyl (C=O) groups excluding carboxylic acids is 1. The summed E-state index contributed by atoms with van der Waals surface area (Å²) in [6.07, 6.45) is 5.04. The van der Waals surface area contributed by atoms with Crippen LogP contribution in [-0.4, -0.2) is 5.78 Å². The van der Waals surface area contributed by atoms with E-state index in [-0.39, 0.29) is 5.92 Å². The monoisotopic (exact) mass is 290 g/mol. The lowest BCUT2D eigenvalue weighted by molar-refractivity contribution is -0.120. The van der Waals surface area contributed by atoms with Gasteiger partial charge < -0.3 is 0 Å². The molecule has 2 aromatic rings. The van der Waals surface area contributed by atoms with Crippen LogP contribution in [0.2, 0.25) is 0 Å². The average Bonchev–Trinajstić information content (AvgIpc) is 3.05. The van der Waals surface area contributed by atoms with E-state index in [0.717, 1.165) is 25.7 Å². The van der Waals surface area contributed by atoms with Crippen molar-refractivity contribution in [3.05, 3.63) is 43.8 Å². The Morgan fingerprint density at radius 2 is 2.16 bits per heavy atom. The first-order valence-electron chi connectivity index (χ1n) is 6.94. The Kier molecular flexibility index (Phi) is 3.85. The Hall–Kier alpha value is -0.930. The molecule has 0 aromatic carbocycles. The molecule has 0 radical (unpaired) electrons. The van der Waals surface area contributed by atoms with Gasteiger partial charge >= 0.3 is 0 Å². The Balaban J connectivity index is 1.75.